The van der Waals surface area contributed by atoms with Gasteiger partial charge in [-0.15, -0.1) is 0 Å². The van der Waals surface area contributed by atoms with Gasteiger partial charge in [0.2, 0.25) is 0 Å². The Labute approximate surface area is 134 Å². The van der Waals surface area contributed by atoms with Gasteiger partial charge < -0.3 is 4.74 Å². The summed E-state index contributed by atoms with van der Waals surface area (Å²) in [6, 6.07) is 0. The molecule has 22 heavy (non-hydrogen) atoms. The van der Waals surface area contributed by atoms with Crippen LogP contribution in [0.15, 0.2) is 12.2 Å². The summed E-state index contributed by atoms with van der Waals surface area (Å²) in [5.41, 5.74) is 2.64. The maximum absolute atomic E-state index is 11.7. The quantitative estimate of drug-likeness (QED) is 0.560. The molecule has 0 aromatic carbocycles. The van der Waals surface area contributed by atoms with Gasteiger partial charge in [0.05, 0.1) is 7.11 Å². The van der Waals surface area contributed by atoms with Crippen molar-refractivity contribution in [3.05, 3.63) is 12.2 Å². The van der Waals surface area contributed by atoms with E-state index in [0.717, 1.165) is 24.2 Å². The molecule has 3 unspecified atom stereocenters. The molecule has 0 saturated heterocycles. The van der Waals surface area contributed by atoms with Gasteiger partial charge in [0.25, 0.3) is 0 Å². The van der Waals surface area contributed by atoms with Crippen molar-refractivity contribution in [3.8, 4) is 0 Å². The Bertz CT molecular complexity index is 524. The number of carbonyl (C=O) groups excluding carboxylic acids is 1. The Kier molecular flexibility index (Phi) is 3.10. The SMILES string of the molecule is C=C(C)[C@@H]1CCC23C[C@@H]4C(CC2[C@H]1CCC(=O)OC)[C@@]4(C)C3. The topological polar surface area (TPSA) is 26.3 Å². The van der Waals surface area contributed by atoms with E-state index < -0.39 is 0 Å². The second-order valence-corrected chi connectivity index (χ2v) is 9.07. The van der Waals surface area contributed by atoms with E-state index in [9.17, 15) is 4.79 Å². The number of ether oxygens (including phenoxy) is 1. The third kappa shape index (κ3) is 1.82. The predicted molar refractivity (Wildman–Crippen MR) is 87.1 cm³/mol. The average Bonchev–Trinajstić information content (AvgIpc) is 2.93. The minimum atomic E-state index is -0.0429. The second kappa shape index (κ2) is 4.61. The molecule has 0 aromatic rings. The highest BCUT2D eigenvalue weighted by Gasteiger charge is 2.76. The van der Waals surface area contributed by atoms with Gasteiger partial charge in [0, 0.05) is 6.42 Å². The molecule has 0 heterocycles. The molecule has 2 nitrogen and oxygen atoms in total. The third-order valence-electron chi connectivity index (χ3n) is 8.25. The van der Waals surface area contributed by atoms with Crippen LogP contribution < -0.4 is 0 Å². The molecule has 0 aromatic heterocycles. The van der Waals surface area contributed by atoms with Gasteiger partial charge in [0.1, 0.15) is 0 Å². The Hall–Kier alpha value is -0.790. The van der Waals surface area contributed by atoms with Crippen molar-refractivity contribution in [1.82, 2.24) is 0 Å². The largest absolute Gasteiger partial charge is 0.469 e. The van der Waals surface area contributed by atoms with Gasteiger partial charge in [-0.1, -0.05) is 19.1 Å². The fraction of sp³-hybridized carbons (Fsp3) is 0.850. The summed E-state index contributed by atoms with van der Waals surface area (Å²) in [7, 11) is 1.51. The van der Waals surface area contributed by atoms with Crippen molar-refractivity contribution in [2.75, 3.05) is 7.11 Å². The van der Waals surface area contributed by atoms with Crippen molar-refractivity contribution >= 4 is 5.97 Å². The Morgan fingerprint density at radius 2 is 2.09 bits per heavy atom. The Morgan fingerprint density at radius 1 is 1.32 bits per heavy atom. The van der Waals surface area contributed by atoms with Crippen LogP contribution in [0.5, 0.6) is 0 Å². The lowest BCUT2D eigenvalue weighted by molar-refractivity contribution is -0.141. The standard InChI is InChI=1S/C20H30O2/c1-12(2)13-7-8-20-10-17-16(19(17,3)11-20)9-15(20)14(13)5-6-18(21)22-4/h13-17H,1,5-11H2,2-4H3/t13-,14-,15?,16?,17+,19+,20?/m0/s1. The van der Waals surface area contributed by atoms with Crippen LogP contribution in [0.25, 0.3) is 0 Å². The first kappa shape index (κ1) is 14.8. The summed E-state index contributed by atoms with van der Waals surface area (Å²) in [5, 5.41) is 0. The van der Waals surface area contributed by atoms with Gasteiger partial charge in [-0.25, -0.2) is 0 Å². The summed E-state index contributed by atoms with van der Waals surface area (Å²) in [5.74, 6) is 4.11. The van der Waals surface area contributed by atoms with Gasteiger partial charge in [-0.2, -0.15) is 0 Å². The Balaban J connectivity index is 1.57. The van der Waals surface area contributed by atoms with E-state index in [1.165, 1.54) is 44.8 Å². The lowest BCUT2D eigenvalue weighted by atomic mass is 9.49. The predicted octanol–water partition coefficient (Wildman–Crippen LogP) is 4.59. The summed E-state index contributed by atoms with van der Waals surface area (Å²) >= 11 is 0. The van der Waals surface area contributed by atoms with Gasteiger partial charge >= 0.3 is 5.97 Å². The summed E-state index contributed by atoms with van der Waals surface area (Å²) in [4.78, 5) is 11.7. The zero-order valence-corrected chi connectivity index (χ0v) is 14.4. The molecule has 7 atom stereocenters. The molecule has 122 valence electrons. The average molecular weight is 302 g/mol. The molecule has 0 radical (unpaired) electrons. The minimum Gasteiger partial charge on any atom is -0.469 e. The second-order valence-electron chi connectivity index (χ2n) is 9.07. The smallest absolute Gasteiger partial charge is 0.305 e. The van der Waals surface area contributed by atoms with Crippen molar-refractivity contribution in [2.45, 2.75) is 58.8 Å². The van der Waals surface area contributed by atoms with Crippen LogP contribution in [0.1, 0.15) is 58.8 Å². The van der Waals surface area contributed by atoms with Gasteiger partial charge in [-0.3, -0.25) is 4.79 Å². The van der Waals surface area contributed by atoms with Crippen molar-refractivity contribution in [2.24, 2.45) is 40.4 Å². The van der Waals surface area contributed by atoms with E-state index in [2.05, 4.69) is 20.4 Å². The molecule has 5 fully saturated rings. The Morgan fingerprint density at radius 3 is 2.68 bits per heavy atom. The van der Waals surface area contributed by atoms with E-state index in [-0.39, 0.29) is 5.97 Å². The highest BCUT2D eigenvalue weighted by Crippen LogP contribution is 2.83. The lowest BCUT2D eigenvalue weighted by Gasteiger charge is -2.55. The number of hydrogen-bond acceptors (Lipinski definition) is 2. The molecule has 2 heteroatoms. The molecule has 0 aliphatic heterocycles. The summed E-state index contributed by atoms with van der Waals surface area (Å²) in [6.45, 7) is 9.02. The van der Waals surface area contributed by atoms with Crippen LogP contribution in [0.2, 0.25) is 0 Å². The number of carbonyl (C=O) groups is 1. The zero-order valence-electron chi connectivity index (χ0n) is 14.4. The van der Waals surface area contributed by atoms with E-state index in [4.69, 9.17) is 4.74 Å². The molecule has 0 amide bonds. The molecule has 1 spiro atoms. The normalized spacial score (nSPS) is 51.1. The highest BCUT2D eigenvalue weighted by molar-refractivity contribution is 5.69. The molecule has 5 rings (SSSR count). The summed E-state index contributed by atoms with van der Waals surface area (Å²) in [6.07, 6.45) is 8.67. The number of allylic oxidation sites excluding steroid dienone is 1. The lowest BCUT2D eigenvalue weighted by Crippen LogP contribution is -2.47. The first-order valence-electron chi connectivity index (χ1n) is 9.13. The molecule has 4 bridgehead atoms. The van der Waals surface area contributed by atoms with Crippen LogP contribution in [0.3, 0.4) is 0 Å². The monoisotopic (exact) mass is 302 g/mol. The molecular weight excluding hydrogens is 272 g/mol. The van der Waals surface area contributed by atoms with Crippen molar-refractivity contribution in [3.63, 3.8) is 0 Å². The molecule has 5 aliphatic carbocycles. The maximum atomic E-state index is 11.7. The molecular formula is C20H30O2. The van der Waals surface area contributed by atoms with Crippen molar-refractivity contribution in [1.29, 1.82) is 0 Å². The van der Waals surface area contributed by atoms with Crippen LogP contribution in [0, 0.1) is 40.4 Å². The first-order chi connectivity index (χ1) is 10.4. The number of esters is 1. The van der Waals surface area contributed by atoms with E-state index in [0.29, 0.717) is 29.1 Å². The third-order valence-corrected chi connectivity index (χ3v) is 8.25. The first-order valence-corrected chi connectivity index (χ1v) is 9.13. The molecule has 5 aliphatic rings. The fourth-order valence-electron chi connectivity index (χ4n) is 7.25. The van der Waals surface area contributed by atoms with Crippen LogP contribution in [-0.4, -0.2) is 13.1 Å². The van der Waals surface area contributed by atoms with E-state index in [1.807, 2.05) is 0 Å². The molecule has 0 N–H and O–H groups in total. The number of methoxy groups -OCH3 is 1. The summed E-state index contributed by atoms with van der Waals surface area (Å²) < 4.78 is 4.89. The number of hydrogen-bond donors (Lipinski definition) is 0. The van der Waals surface area contributed by atoms with Crippen LogP contribution in [0.4, 0.5) is 0 Å². The van der Waals surface area contributed by atoms with Gasteiger partial charge in [-0.05, 0) is 85.9 Å². The van der Waals surface area contributed by atoms with Gasteiger partial charge in [0.15, 0.2) is 0 Å². The van der Waals surface area contributed by atoms with E-state index >= 15 is 0 Å². The molecule has 5 saturated carbocycles. The number of rotatable bonds is 4. The van der Waals surface area contributed by atoms with E-state index in [1.54, 1.807) is 0 Å². The van der Waals surface area contributed by atoms with Crippen LogP contribution >= 0.6 is 0 Å². The zero-order chi connectivity index (χ0) is 15.7. The maximum Gasteiger partial charge on any atom is 0.305 e. The van der Waals surface area contributed by atoms with Crippen molar-refractivity contribution < 1.29 is 9.53 Å². The highest BCUT2D eigenvalue weighted by atomic mass is 16.5. The van der Waals surface area contributed by atoms with Crippen LogP contribution in [-0.2, 0) is 9.53 Å². The minimum absolute atomic E-state index is 0.0429. The fourth-order valence-corrected chi connectivity index (χ4v) is 7.25.